The quantitative estimate of drug-likeness (QED) is 0.603. The van der Waals surface area contributed by atoms with Gasteiger partial charge in [0.25, 0.3) is 0 Å². The second-order valence-corrected chi connectivity index (χ2v) is 5.86. The summed E-state index contributed by atoms with van der Waals surface area (Å²) in [5.74, 6) is -1.38. The average Bonchev–Trinajstić information content (AvgIpc) is 2.75. The molecule has 3 nitrogen and oxygen atoms in total. The highest BCUT2D eigenvalue weighted by Gasteiger charge is 2.42. The van der Waals surface area contributed by atoms with E-state index in [1.165, 1.54) is 25.0 Å². The Labute approximate surface area is 124 Å². The van der Waals surface area contributed by atoms with Gasteiger partial charge in [0, 0.05) is 12.7 Å². The van der Waals surface area contributed by atoms with Crippen LogP contribution in [0.2, 0.25) is 0 Å². The summed E-state index contributed by atoms with van der Waals surface area (Å²) in [5, 5.41) is 0. The molecule has 1 saturated carbocycles. The van der Waals surface area contributed by atoms with Crippen LogP contribution in [0.1, 0.15) is 44.1 Å². The van der Waals surface area contributed by atoms with Crippen LogP contribution in [-0.4, -0.2) is 12.7 Å². The molecule has 1 spiro atoms. The highest BCUT2D eigenvalue weighted by atomic mass is 19.1. The van der Waals surface area contributed by atoms with Crippen LogP contribution in [0.4, 0.5) is 4.39 Å². The first-order valence-electron chi connectivity index (χ1n) is 7.57. The lowest BCUT2D eigenvalue weighted by Crippen LogP contribution is -2.42. The minimum absolute atomic E-state index is 0.286. The molecule has 1 aromatic rings. The number of halogens is 1. The molecule has 21 heavy (non-hydrogen) atoms. The first-order valence-corrected chi connectivity index (χ1v) is 7.57. The maximum atomic E-state index is 13.1. The minimum atomic E-state index is -1.09. The predicted molar refractivity (Wildman–Crippen MR) is 76.8 cm³/mol. The third kappa shape index (κ3) is 2.89. The molecule has 4 heteroatoms. The van der Waals surface area contributed by atoms with Gasteiger partial charge in [-0.3, -0.25) is 0 Å². The summed E-state index contributed by atoms with van der Waals surface area (Å²) in [6.45, 7) is 0. The van der Waals surface area contributed by atoms with Crippen LogP contribution < -0.4 is 0 Å². The van der Waals surface area contributed by atoms with Gasteiger partial charge in [-0.1, -0.05) is 37.8 Å². The van der Waals surface area contributed by atoms with Crippen molar-refractivity contribution in [2.45, 2.75) is 49.9 Å². The van der Waals surface area contributed by atoms with E-state index in [4.69, 9.17) is 14.5 Å². The van der Waals surface area contributed by atoms with Crippen LogP contribution >= 0.6 is 0 Å². The molecule has 0 aromatic heterocycles. The maximum absolute atomic E-state index is 13.1. The zero-order valence-corrected chi connectivity index (χ0v) is 12.3. The van der Waals surface area contributed by atoms with E-state index >= 15 is 0 Å². The Morgan fingerprint density at radius 3 is 2.14 bits per heavy atom. The molecule has 1 heterocycles. The maximum Gasteiger partial charge on any atom is 0.246 e. The molecule has 2 aliphatic rings. The molecule has 1 atom stereocenters. The first-order chi connectivity index (χ1) is 10.2. The van der Waals surface area contributed by atoms with Crippen LogP contribution in [0.15, 0.2) is 36.4 Å². The third-order valence-electron chi connectivity index (χ3n) is 4.44. The number of hydrogen-bond donors (Lipinski definition) is 0. The highest BCUT2D eigenvalue weighted by molar-refractivity contribution is 5.27. The molecule has 114 valence electrons. The van der Waals surface area contributed by atoms with E-state index in [1.807, 2.05) is 6.08 Å². The van der Waals surface area contributed by atoms with E-state index in [1.54, 1.807) is 19.2 Å². The fourth-order valence-electron chi connectivity index (χ4n) is 3.09. The van der Waals surface area contributed by atoms with Crippen molar-refractivity contribution in [2.24, 2.45) is 0 Å². The van der Waals surface area contributed by atoms with Gasteiger partial charge < -0.3 is 4.74 Å². The molecule has 0 N–H and O–H groups in total. The van der Waals surface area contributed by atoms with Gasteiger partial charge >= 0.3 is 0 Å². The largest absolute Gasteiger partial charge is 0.344 e. The van der Waals surface area contributed by atoms with Crippen LogP contribution in [0, 0.1) is 5.82 Å². The summed E-state index contributed by atoms with van der Waals surface area (Å²) in [7, 11) is 1.56. The SMILES string of the molecule is COC1(c2ccc(F)cc2)C=CC2(CCCCCC2)OO1. The summed E-state index contributed by atoms with van der Waals surface area (Å²) in [4.78, 5) is 11.4. The van der Waals surface area contributed by atoms with Gasteiger partial charge in [-0.25, -0.2) is 9.28 Å². The molecule has 1 aliphatic heterocycles. The number of ether oxygens (including phenoxy) is 1. The Hall–Kier alpha value is -1.23. The molecule has 1 aliphatic carbocycles. The number of rotatable bonds is 2. The van der Waals surface area contributed by atoms with Gasteiger partial charge in [-0.2, -0.15) is 4.89 Å². The van der Waals surface area contributed by atoms with E-state index in [9.17, 15) is 4.39 Å². The number of benzene rings is 1. The summed E-state index contributed by atoms with van der Waals surface area (Å²) in [5.41, 5.74) is 0.379. The van der Waals surface area contributed by atoms with Crippen molar-refractivity contribution in [3.05, 3.63) is 47.8 Å². The second-order valence-electron chi connectivity index (χ2n) is 5.86. The standard InChI is InChI=1S/C17H21FO3/c1-19-17(14-6-8-15(18)9-7-14)13-12-16(20-21-17)10-4-2-3-5-11-16/h6-9,12-13H,2-5,10-11H2,1H3. The Bertz CT molecular complexity index is 503. The van der Waals surface area contributed by atoms with Gasteiger partial charge in [0.1, 0.15) is 11.4 Å². The van der Waals surface area contributed by atoms with Gasteiger partial charge in [0.05, 0.1) is 0 Å². The van der Waals surface area contributed by atoms with Crippen molar-refractivity contribution in [2.75, 3.05) is 7.11 Å². The topological polar surface area (TPSA) is 27.7 Å². The lowest BCUT2D eigenvalue weighted by atomic mass is 9.91. The molecule has 3 rings (SSSR count). The molecule has 1 fully saturated rings. The number of hydrogen-bond acceptors (Lipinski definition) is 3. The zero-order valence-electron chi connectivity index (χ0n) is 12.3. The molecular weight excluding hydrogens is 271 g/mol. The molecule has 0 bridgehead atoms. The Balaban J connectivity index is 1.87. The molecule has 0 amide bonds. The first kappa shape index (κ1) is 14.7. The molecule has 0 saturated heterocycles. The van der Waals surface area contributed by atoms with E-state index in [2.05, 4.69) is 6.08 Å². The van der Waals surface area contributed by atoms with Gasteiger partial charge in [-0.15, -0.1) is 0 Å². The predicted octanol–water partition coefficient (Wildman–Crippen LogP) is 4.24. The normalized spacial score (nSPS) is 28.5. The number of methoxy groups -OCH3 is 1. The van der Waals surface area contributed by atoms with E-state index in [0.717, 1.165) is 25.7 Å². The van der Waals surface area contributed by atoms with Gasteiger partial charge in [0.2, 0.25) is 5.79 Å². The Morgan fingerprint density at radius 2 is 1.62 bits per heavy atom. The summed E-state index contributed by atoms with van der Waals surface area (Å²) in [6.07, 6.45) is 10.7. The van der Waals surface area contributed by atoms with Crippen molar-refractivity contribution in [1.82, 2.24) is 0 Å². The van der Waals surface area contributed by atoms with Crippen LogP contribution in [0.25, 0.3) is 0 Å². The van der Waals surface area contributed by atoms with Crippen molar-refractivity contribution in [1.29, 1.82) is 0 Å². The molecule has 1 unspecified atom stereocenters. The van der Waals surface area contributed by atoms with Crippen LogP contribution in [0.5, 0.6) is 0 Å². The Morgan fingerprint density at radius 1 is 0.952 bits per heavy atom. The van der Waals surface area contributed by atoms with Crippen LogP contribution in [0.3, 0.4) is 0 Å². The summed E-state index contributed by atoms with van der Waals surface area (Å²) in [6, 6.07) is 6.09. The monoisotopic (exact) mass is 292 g/mol. The van der Waals surface area contributed by atoms with Gasteiger partial charge in [-0.05, 0) is 37.1 Å². The fraction of sp³-hybridized carbons (Fsp3) is 0.529. The van der Waals surface area contributed by atoms with Crippen molar-refractivity contribution >= 4 is 0 Å². The molecule has 0 radical (unpaired) electrons. The highest BCUT2D eigenvalue weighted by Crippen LogP contribution is 2.41. The third-order valence-corrected chi connectivity index (χ3v) is 4.44. The smallest absolute Gasteiger partial charge is 0.246 e. The lowest BCUT2D eigenvalue weighted by molar-refractivity contribution is -0.458. The van der Waals surface area contributed by atoms with E-state index in [-0.39, 0.29) is 11.4 Å². The average molecular weight is 292 g/mol. The Kier molecular flexibility index (Phi) is 4.11. The summed E-state index contributed by atoms with van der Waals surface area (Å²) >= 11 is 0. The minimum Gasteiger partial charge on any atom is -0.344 e. The second kappa shape index (κ2) is 5.87. The lowest BCUT2D eigenvalue weighted by Gasteiger charge is -2.39. The van der Waals surface area contributed by atoms with Crippen LogP contribution in [-0.2, 0) is 20.3 Å². The molecule has 1 aromatic carbocycles. The van der Waals surface area contributed by atoms with E-state index in [0.29, 0.717) is 5.56 Å². The summed E-state index contributed by atoms with van der Waals surface area (Å²) < 4.78 is 18.6. The zero-order chi connectivity index (χ0) is 14.8. The van der Waals surface area contributed by atoms with E-state index < -0.39 is 5.79 Å². The molecular formula is C17H21FO3. The van der Waals surface area contributed by atoms with Crippen molar-refractivity contribution in [3.8, 4) is 0 Å². The van der Waals surface area contributed by atoms with Crippen molar-refractivity contribution < 1.29 is 18.9 Å². The fourth-order valence-corrected chi connectivity index (χ4v) is 3.09. The van der Waals surface area contributed by atoms with Gasteiger partial charge in [0.15, 0.2) is 0 Å². The van der Waals surface area contributed by atoms with Crippen molar-refractivity contribution in [3.63, 3.8) is 0 Å².